The zero-order valence-corrected chi connectivity index (χ0v) is 12.4. The van der Waals surface area contributed by atoms with Gasteiger partial charge in [0, 0.05) is 12.6 Å². The van der Waals surface area contributed by atoms with Crippen LogP contribution in [0.15, 0.2) is 53.4 Å². The Morgan fingerprint density at radius 3 is 2.60 bits per heavy atom. The molecule has 20 heavy (non-hydrogen) atoms. The molecule has 0 fully saturated rings. The molecule has 0 saturated heterocycles. The van der Waals surface area contributed by atoms with Crippen molar-refractivity contribution in [3.05, 3.63) is 54.1 Å². The lowest BCUT2D eigenvalue weighted by atomic mass is 10.2. The second-order valence-electron chi connectivity index (χ2n) is 4.32. The van der Waals surface area contributed by atoms with E-state index in [4.69, 9.17) is 4.74 Å². The number of carbonyl (C=O) groups excluding carboxylic acids is 1. The fourth-order valence-corrected chi connectivity index (χ4v) is 2.38. The van der Waals surface area contributed by atoms with Gasteiger partial charge in [-0.25, -0.2) is 0 Å². The van der Waals surface area contributed by atoms with Crippen LogP contribution in [0.5, 0.6) is 5.75 Å². The molecule has 0 saturated carbocycles. The van der Waals surface area contributed by atoms with Crippen molar-refractivity contribution in [1.29, 1.82) is 0 Å². The summed E-state index contributed by atoms with van der Waals surface area (Å²) in [5.41, 5.74) is 1.92. The van der Waals surface area contributed by atoms with E-state index in [0.717, 1.165) is 21.9 Å². The van der Waals surface area contributed by atoms with Crippen molar-refractivity contribution >= 4 is 23.4 Å². The van der Waals surface area contributed by atoms with Crippen LogP contribution in [0, 0.1) is 0 Å². The van der Waals surface area contributed by atoms with E-state index in [-0.39, 0.29) is 5.91 Å². The lowest BCUT2D eigenvalue weighted by Crippen LogP contribution is -2.06. The maximum Gasteiger partial charge on any atom is 0.221 e. The molecule has 1 amide bonds. The lowest BCUT2D eigenvalue weighted by molar-refractivity contribution is -0.114. The molecule has 0 aliphatic heterocycles. The van der Waals surface area contributed by atoms with E-state index in [9.17, 15) is 4.79 Å². The molecule has 0 aliphatic rings. The Bertz CT molecular complexity index is 584. The SMILES string of the molecule is CSc1cc(NC(C)=O)ccc1OCc1ccccc1. The van der Waals surface area contributed by atoms with Crippen molar-refractivity contribution in [2.75, 3.05) is 11.6 Å². The third-order valence-corrected chi connectivity index (χ3v) is 3.48. The molecule has 1 N–H and O–H groups in total. The second-order valence-corrected chi connectivity index (χ2v) is 5.17. The van der Waals surface area contributed by atoms with E-state index in [0.29, 0.717) is 6.61 Å². The summed E-state index contributed by atoms with van der Waals surface area (Å²) in [5, 5.41) is 2.77. The predicted octanol–water partition coefficient (Wildman–Crippen LogP) is 3.95. The Kier molecular flexibility index (Phi) is 5.07. The fraction of sp³-hybridized carbons (Fsp3) is 0.188. The third kappa shape index (κ3) is 4.03. The van der Waals surface area contributed by atoms with E-state index in [1.165, 1.54) is 6.92 Å². The van der Waals surface area contributed by atoms with Gasteiger partial charge in [-0.05, 0) is 30.0 Å². The van der Waals surface area contributed by atoms with Crippen LogP contribution in [0.1, 0.15) is 12.5 Å². The van der Waals surface area contributed by atoms with Crippen molar-refractivity contribution in [2.45, 2.75) is 18.4 Å². The van der Waals surface area contributed by atoms with Crippen molar-refractivity contribution in [3.63, 3.8) is 0 Å². The first-order valence-corrected chi connectivity index (χ1v) is 7.54. The average molecular weight is 287 g/mol. The van der Waals surface area contributed by atoms with Gasteiger partial charge in [0.25, 0.3) is 0 Å². The van der Waals surface area contributed by atoms with Crippen molar-refractivity contribution in [2.24, 2.45) is 0 Å². The Labute approximate surface area is 123 Å². The van der Waals surface area contributed by atoms with Crippen LogP contribution in [-0.4, -0.2) is 12.2 Å². The summed E-state index contributed by atoms with van der Waals surface area (Å²) < 4.78 is 5.84. The predicted molar refractivity (Wildman–Crippen MR) is 83.3 cm³/mol. The molecule has 0 radical (unpaired) electrons. The summed E-state index contributed by atoms with van der Waals surface area (Å²) in [5.74, 6) is 0.755. The number of benzene rings is 2. The monoisotopic (exact) mass is 287 g/mol. The molecule has 0 spiro atoms. The lowest BCUT2D eigenvalue weighted by Gasteiger charge is -2.12. The number of hydrogen-bond acceptors (Lipinski definition) is 3. The van der Waals surface area contributed by atoms with Crippen LogP contribution in [0.4, 0.5) is 5.69 Å². The minimum atomic E-state index is -0.0741. The number of nitrogens with one attached hydrogen (secondary N) is 1. The zero-order valence-electron chi connectivity index (χ0n) is 11.6. The minimum Gasteiger partial charge on any atom is -0.488 e. The van der Waals surface area contributed by atoms with Gasteiger partial charge in [0.15, 0.2) is 0 Å². The average Bonchev–Trinajstić information content (AvgIpc) is 2.46. The maximum atomic E-state index is 11.1. The highest BCUT2D eigenvalue weighted by molar-refractivity contribution is 7.98. The molecule has 0 heterocycles. The largest absolute Gasteiger partial charge is 0.488 e. The topological polar surface area (TPSA) is 38.3 Å². The number of rotatable bonds is 5. The van der Waals surface area contributed by atoms with Gasteiger partial charge in [-0.15, -0.1) is 11.8 Å². The molecule has 4 heteroatoms. The van der Waals surface area contributed by atoms with Gasteiger partial charge in [-0.2, -0.15) is 0 Å². The first kappa shape index (κ1) is 14.5. The standard InChI is InChI=1S/C16H17NO2S/c1-12(18)17-14-8-9-15(16(10-14)20-2)19-11-13-6-4-3-5-7-13/h3-10H,11H2,1-2H3,(H,17,18). The number of amides is 1. The molecule has 104 valence electrons. The van der Waals surface area contributed by atoms with Gasteiger partial charge >= 0.3 is 0 Å². The molecular weight excluding hydrogens is 270 g/mol. The molecule has 2 aromatic rings. The summed E-state index contributed by atoms with van der Waals surface area (Å²) in [6.07, 6.45) is 1.99. The van der Waals surface area contributed by atoms with Crippen molar-refractivity contribution in [3.8, 4) is 5.75 Å². The number of hydrogen-bond donors (Lipinski definition) is 1. The summed E-state index contributed by atoms with van der Waals surface area (Å²) in [6.45, 7) is 2.03. The number of carbonyl (C=O) groups is 1. The maximum absolute atomic E-state index is 11.1. The van der Waals surface area contributed by atoms with Gasteiger partial charge in [0.05, 0.1) is 4.90 Å². The molecule has 2 rings (SSSR count). The molecule has 2 aromatic carbocycles. The zero-order chi connectivity index (χ0) is 14.4. The number of anilines is 1. The summed E-state index contributed by atoms with van der Waals surface area (Å²) in [6, 6.07) is 15.7. The summed E-state index contributed by atoms with van der Waals surface area (Å²) >= 11 is 1.60. The minimum absolute atomic E-state index is 0.0741. The normalized spacial score (nSPS) is 10.1. The molecular formula is C16H17NO2S. The van der Waals surface area contributed by atoms with Gasteiger partial charge in [-0.3, -0.25) is 4.79 Å². The fourth-order valence-electron chi connectivity index (χ4n) is 1.80. The van der Waals surface area contributed by atoms with Gasteiger partial charge in [0.2, 0.25) is 5.91 Å². The van der Waals surface area contributed by atoms with Crippen LogP contribution >= 0.6 is 11.8 Å². The highest BCUT2D eigenvalue weighted by Crippen LogP contribution is 2.31. The van der Waals surface area contributed by atoms with Gasteiger partial charge in [-0.1, -0.05) is 30.3 Å². The Balaban J connectivity index is 2.09. The van der Waals surface area contributed by atoms with E-state index < -0.39 is 0 Å². The van der Waals surface area contributed by atoms with Crippen LogP contribution < -0.4 is 10.1 Å². The Morgan fingerprint density at radius 2 is 1.95 bits per heavy atom. The Morgan fingerprint density at radius 1 is 1.20 bits per heavy atom. The van der Waals surface area contributed by atoms with Crippen molar-refractivity contribution in [1.82, 2.24) is 0 Å². The quantitative estimate of drug-likeness (QED) is 0.846. The molecule has 0 unspecified atom stereocenters. The number of thioether (sulfide) groups is 1. The smallest absolute Gasteiger partial charge is 0.221 e. The third-order valence-electron chi connectivity index (χ3n) is 2.72. The summed E-state index contributed by atoms with van der Waals surface area (Å²) in [4.78, 5) is 12.1. The van der Waals surface area contributed by atoms with Crippen LogP contribution in [0.25, 0.3) is 0 Å². The van der Waals surface area contributed by atoms with Crippen LogP contribution in [0.2, 0.25) is 0 Å². The van der Waals surface area contributed by atoms with Gasteiger partial charge in [0.1, 0.15) is 12.4 Å². The first-order chi connectivity index (χ1) is 9.69. The van der Waals surface area contributed by atoms with Gasteiger partial charge < -0.3 is 10.1 Å². The highest BCUT2D eigenvalue weighted by atomic mass is 32.2. The number of ether oxygens (including phenoxy) is 1. The van der Waals surface area contributed by atoms with E-state index in [1.807, 2.05) is 54.8 Å². The molecule has 3 nitrogen and oxygen atoms in total. The van der Waals surface area contributed by atoms with E-state index in [1.54, 1.807) is 11.8 Å². The van der Waals surface area contributed by atoms with Crippen LogP contribution in [-0.2, 0) is 11.4 Å². The molecule has 0 aliphatic carbocycles. The molecule has 0 atom stereocenters. The second kappa shape index (κ2) is 7.01. The van der Waals surface area contributed by atoms with E-state index in [2.05, 4.69) is 5.32 Å². The Hall–Kier alpha value is -1.94. The molecule has 0 bridgehead atoms. The van der Waals surface area contributed by atoms with Crippen molar-refractivity contribution < 1.29 is 9.53 Å². The van der Waals surface area contributed by atoms with Crippen LogP contribution in [0.3, 0.4) is 0 Å². The molecule has 0 aromatic heterocycles. The highest BCUT2D eigenvalue weighted by Gasteiger charge is 2.06. The first-order valence-electron chi connectivity index (χ1n) is 6.31. The van der Waals surface area contributed by atoms with E-state index >= 15 is 0 Å². The summed E-state index contributed by atoms with van der Waals surface area (Å²) in [7, 11) is 0.